The number of hydrogen-bond acceptors (Lipinski definition) is 1. The molecule has 0 aliphatic heterocycles. The lowest BCUT2D eigenvalue weighted by Crippen LogP contribution is -2.25. The molecule has 0 rings (SSSR count). The highest BCUT2D eigenvalue weighted by atomic mass is 35.5. The lowest BCUT2D eigenvalue weighted by atomic mass is 10.3. The molecule has 1 nitrogen and oxygen atoms in total. The molecular formula is C9H23ClFN. The molecule has 0 N–H and O–H groups in total. The first-order valence-corrected chi connectivity index (χ1v) is 4.57. The Labute approximate surface area is 82.3 Å². The van der Waals surface area contributed by atoms with Gasteiger partial charge in [-0.15, -0.1) is 12.4 Å². The monoisotopic (exact) mass is 199 g/mol. The summed E-state index contributed by atoms with van der Waals surface area (Å²) in [6.45, 7) is 10.6. The van der Waals surface area contributed by atoms with Crippen molar-refractivity contribution in [2.24, 2.45) is 0 Å². The van der Waals surface area contributed by atoms with E-state index in [0.717, 1.165) is 0 Å². The van der Waals surface area contributed by atoms with Gasteiger partial charge in [-0.25, -0.2) is 0 Å². The minimum absolute atomic E-state index is 0. The van der Waals surface area contributed by atoms with Gasteiger partial charge in [-0.1, -0.05) is 20.8 Å². The summed E-state index contributed by atoms with van der Waals surface area (Å²) < 4.78 is 0. The Morgan fingerprint density at radius 2 is 1.00 bits per heavy atom. The van der Waals surface area contributed by atoms with Crippen molar-refractivity contribution in [2.75, 3.05) is 19.6 Å². The molecule has 0 unspecified atom stereocenters. The largest absolute Gasteiger partial charge is 0.303 e. The molecule has 0 atom stereocenters. The van der Waals surface area contributed by atoms with Crippen LogP contribution in [0.15, 0.2) is 0 Å². The molecule has 0 radical (unpaired) electrons. The maximum Gasteiger partial charge on any atom is -0.00214 e. The highest BCUT2D eigenvalue weighted by Gasteiger charge is 1.98. The molecule has 0 aliphatic rings. The molecule has 0 saturated heterocycles. The fourth-order valence-electron chi connectivity index (χ4n) is 1.28. The molecule has 0 aliphatic carbocycles. The Morgan fingerprint density at radius 3 is 1.17 bits per heavy atom. The normalized spacial score (nSPS) is 9.00. The van der Waals surface area contributed by atoms with Gasteiger partial charge in [0, 0.05) is 0 Å². The van der Waals surface area contributed by atoms with Crippen molar-refractivity contribution in [1.82, 2.24) is 4.90 Å². The van der Waals surface area contributed by atoms with Gasteiger partial charge < -0.3 is 4.90 Å². The van der Waals surface area contributed by atoms with Crippen LogP contribution in [0.2, 0.25) is 0 Å². The Balaban J connectivity index is -0.000000405. The van der Waals surface area contributed by atoms with E-state index in [-0.39, 0.29) is 17.1 Å². The highest BCUT2D eigenvalue weighted by Crippen LogP contribution is 1.94. The number of hydrogen-bond donors (Lipinski definition) is 0. The fourth-order valence-corrected chi connectivity index (χ4v) is 1.28. The summed E-state index contributed by atoms with van der Waals surface area (Å²) in [5.41, 5.74) is 0. The molecule has 0 amide bonds. The van der Waals surface area contributed by atoms with E-state index in [9.17, 15) is 0 Å². The number of halogens is 2. The molecule has 3 heteroatoms. The summed E-state index contributed by atoms with van der Waals surface area (Å²) in [5.74, 6) is 0. The van der Waals surface area contributed by atoms with Crippen LogP contribution in [0.4, 0.5) is 4.70 Å². The Morgan fingerprint density at radius 1 is 0.750 bits per heavy atom. The Bertz CT molecular complexity index is 57.3. The van der Waals surface area contributed by atoms with Crippen LogP contribution in [0.3, 0.4) is 0 Å². The maximum atomic E-state index is 2.54. The third-order valence-corrected chi connectivity index (χ3v) is 1.62. The first-order chi connectivity index (χ1) is 4.85. The second-order valence-electron chi connectivity index (χ2n) is 2.84. The molecular weight excluding hydrogens is 177 g/mol. The average molecular weight is 200 g/mol. The summed E-state index contributed by atoms with van der Waals surface area (Å²) >= 11 is 0. The van der Waals surface area contributed by atoms with Crippen molar-refractivity contribution in [3.05, 3.63) is 0 Å². The minimum atomic E-state index is 0. The van der Waals surface area contributed by atoms with Crippen LogP contribution in [-0.4, -0.2) is 24.5 Å². The third kappa shape index (κ3) is 10.2. The van der Waals surface area contributed by atoms with E-state index in [1.165, 1.54) is 38.9 Å². The van der Waals surface area contributed by atoms with Gasteiger partial charge in [0.1, 0.15) is 0 Å². The smallest absolute Gasteiger partial charge is 0.00214 e. The minimum Gasteiger partial charge on any atom is -0.303 e. The van der Waals surface area contributed by atoms with Gasteiger partial charge in [0.05, 0.1) is 0 Å². The van der Waals surface area contributed by atoms with Crippen molar-refractivity contribution in [1.29, 1.82) is 0 Å². The summed E-state index contributed by atoms with van der Waals surface area (Å²) in [6.07, 6.45) is 3.88. The van der Waals surface area contributed by atoms with Gasteiger partial charge in [-0.2, -0.15) is 0 Å². The molecule has 0 spiro atoms. The van der Waals surface area contributed by atoms with Crippen LogP contribution < -0.4 is 0 Å². The number of rotatable bonds is 6. The first kappa shape index (κ1) is 18.1. The fraction of sp³-hybridized carbons (Fsp3) is 1.00. The Kier molecular flexibility index (Phi) is 20.7. The van der Waals surface area contributed by atoms with Gasteiger partial charge in [0.25, 0.3) is 0 Å². The predicted molar refractivity (Wildman–Crippen MR) is 57.1 cm³/mol. The second kappa shape index (κ2) is 13.7. The van der Waals surface area contributed by atoms with Crippen LogP contribution in [0.5, 0.6) is 0 Å². The van der Waals surface area contributed by atoms with Gasteiger partial charge in [-0.3, -0.25) is 4.70 Å². The SMILES string of the molecule is CCCN(CCC)CCC.Cl.F. The highest BCUT2D eigenvalue weighted by molar-refractivity contribution is 5.85. The number of nitrogens with zero attached hydrogens (tertiary/aromatic N) is 1. The second-order valence-corrected chi connectivity index (χ2v) is 2.84. The van der Waals surface area contributed by atoms with Crippen LogP contribution in [0.1, 0.15) is 40.0 Å². The van der Waals surface area contributed by atoms with Crippen LogP contribution in [0, 0.1) is 0 Å². The lowest BCUT2D eigenvalue weighted by Gasteiger charge is -2.19. The van der Waals surface area contributed by atoms with Gasteiger partial charge >= 0.3 is 0 Å². The zero-order valence-corrected chi connectivity index (χ0v) is 9.32. The van der Waals surface area contributed by atoms with E-state index in [4.69, 9.17) is 0 Å². The predicted octanol–water partition coefficient (Wildman–Crippen LogP) is 3.09. The summed E-state index contributed by atoms with van der Waals surface area (Å²) in [7, 11) is 0. The lowest BCUT2D eigenvalue weighted by molar-refractivity contribution is 0.275. The molecule has 78 valence electrons. The third-order valence-electron chi connectivity index (χ3n) is 1.62. The topological polar surface area (TPSA) is 3.24 Å². The van der Waals surface area contributed by atoms with Crippen LogP contribution in [-0.2, 0) is 0 Å². The van der Waals surface area contributed by atoms with E-state index in [0.29, 0.717) is 0 Å². The van der Waals surface area contributed by atoms with E-state index in [1.807, 2.05) is 0 Å². The molecule has 0 saturated carbocycles. The van der Waals surface area contributed by atoms with Crippen molar-refractivity contribution >= 4 is 12.4 Å². The zero-order chi connectivity index (χ0) is 7.82. The summed E-state index contributed by atoms with van der Waals surface area (Å²) in [4.78, 5) is 2.54. The first-order valence-electron chi connectivity index (χ1n) is 4.57. The zero-order valence-electron chi connectivity index (χ0n) is 8.51. The van der Waals surface area contributed by atoms with Crippen molar-refractivity contribution in [3.63, 3.8) is 0 Å². The summed E-state index contributed by atoms with van der Waals surface area (Å²) in [6, 6.07) is 0. The average Bonchev–Trinajstić information content (AvgIpc) is 1.90. The van der Waals surface area contributed by atoms with Crippen molar-refractivity contribution in [3.8, 4) is 0 Å². The molecule has 0 fully saturated rings. The van der Waals surface area contributed by atoms with Gasteiger partial charge in [0.15, 0.2) is 0 Å². The Hall–Kier alpha value is 0.180. The van der Waals surface area contributed by atoms with Crippen molar-refractivity contribution in [2.45, 2.75) is 40.0 Å². The van der Waals surface area contributed by atoms with E-state index >= 15 is 0 Å². The quantitative estimate of drug-likeness (QED) is 0.636. The van der Waals surface area contributed by atoms with Crippen molar-refractivity contribution < 1.29 is 4.70 Å². The molecule has 12 heavy (non-hydrogen) atoms. The maximum absolute atomic E-state index is 2.54. The van der Waals surface area contributed by atoms with E-state index in [1.54, 1.807) is 0 Å². The standard InChI is InChI=1S/C9H21N.ClH.FH/c1-4-7-10(8-5-2)9-6-3;;/h4-9H2,1-3H3;2*1H. The summed E-state index contributed by atoms with van der Waals surface area (Å²) in [5, 5.41) is 0. The molecule has 0 bridgehead atoms. The van der Waals surface area contributed by atoms with Gasteiger partial charge in [0.2, 0.25) is 0 Å². The molecule has 0 aromatic heterocycles. The van der Waals surface area contributed by atoms with Gasteiger partial charge in [-0.05, 0) is 38.9 Å². The van der Waals surface area contributed by atoms with E-state index in [2.05, 4.69) is 25.7 Å². The van der Waals surface area contributed by atoms with Crippen LogP contribution >= 0.6 is 12.4 Å². The molecule has 0 aromatic carbocycles. The van der Waals surface area contributed by atoms with Crippen LogP contribution in [0.25, 0.3) is 0 Å². The molecule has 0 heterocycles. The molecule has 0 aromatic rings. The van der Waals surface area contributed by atoms with E-state index < -0.39 is 0 Å².